The summed E-state index contributed by atoms with van der Waals surface area (Å²) in [5, 5.41) is 0. The standard InChI is InChI=1S/C21H23N5O/c27-21(16-7-9-22-10-8-16)26-12-15-5-6-17(13-26)25(11-15)14-20-23-18-3-1-2-4-19(18)24-20/h1-4,7-10,15,17H,5-6,11-14H2,(H,23,24)/t15-,17-/m1/s1. The van der Waals surface area contributed by atoms with E-state index in [9.17, 15) is 4.79 Å². The number of para-hydroxylation sites is 2. The van der Waals surface area contributed by atoms with E-state index in [1.165, 1.54) is 6.42 Å². The molecule has 1 amide bonds. The number of aromatic amines is 1. The average Bonchev–Trinajstić information content (AvgIpc) is 2.89. The number of H-pyrrole nitrogens is 1. The number of hydrogen-bond donors (Lipinski definition) is 1. The highest BCUT2D eigenvalue weighted by Crippen LogP contribution is 2.30. The first-order chi connectivity index (χ1) is 13.3. The van der Waals surface area contributed by atoms with E-state index in [1.54, 1.807) is 24.5 Å². The summed E-state index contributed by atoms with van der Waals surface area (Å²) < 4.78 is 0. The number of fused-ring (bicyclic) bond motifs is 5. The molecular weight excluding hydrogens is 338 g/mol. The highest BCUT2D eigenvalue weighted by Gasteiger charge is 2.36. The van der Waals surface area contributed by atoms with E-state index in [2.05, 4.69) is 20.9 Å². The van der Waals surface area contributed by atoms with E-state index in [0.717, 1.165) is 55.0 Å². The molecule has 0 radical (unpaired) electrons. The Balaban J connectivity index is 1.34. The van der Waals surface area contributed by atoms with Gasteiger partial charge in [0.15, 0.2) is 0 Å². The summed E-state index contributed by atoms with van der Waals surface area (Å²) >= 11 is 0. The second-order valence-electron chi connectivity index (χ2n) is 7.67. The van der Waals surface area contributed by atoms with Gasteiger partial charge in [-0.1, -0.05) is 12.1 Å². The second kappa shape index (κ2) is 6.78. The number of imidazole rings is 1. The van der Waals surface area contributed by atoms with Crippen LogP contribution >= 0.6 is 0 Å². The van der Waals surface area contributed by atoms with Gasteiger partial charge in [0.2, 0.25) is 0 Å². The minimum absolute atomic E-state index is 0.125. The summed E-state index contributed by atoms with van der Waals surface area (Å²) in [5.74, 6) is 1.66. The van der Waals surface area contributed by atoms with Crippen LogP contribution in [0.2, 0.25) is 0 Å². The molecule has 2 bridgehead atoms. The highest BCUT2D eigenvalue weighted by atomic mass is 16.2. The maximum Gasteiger partial charge on any atom is 0.254 e. The second-order valence-corrected chi connectivity index (χ2v) is 7.67. The molecular formula is C21H23N5O. The van der Waals surface area contributed by atoms with E-state index >= 15 is 0 Å². The molecule has 6 rings (SSSR count). The van der Waals surface area contributed by atoms with Gasteiger partial charge in [0, 0.05) is 43.6 Å². The number of nitrogens with one attached hydrogen (secondary N) is 1. The van der Waals surface area contributed by atoms with Crippen molar-refractivity contribution in [1.29, 1.82) is 0 Å². The summed E-state index contributed by atoms with van der Waals surface area (Å²) in [4.78, 5) is 29.7. The van der Waals surface area contributed by atoms with Crippen LogP contribution in [0.1, 0.15) is 29.0 Å². The van der Waals surface area contributed by atoms with Crippen molar-refractivity contribution in [2.45, 2.75) is 25.4 Å². The van der Waals surface area contributed by atoms with Gasteiger partial charge in [-0.15, -0.1) is 0 Å². The minimum Gasteiger partial charge on any atom is -0.341 e. The lowest BCUT2D eigenvalue weighted by atomic mass is 9.95. The van der Waals surface area contributed by atoms with Gasteiger partial charge in [0.25, 0.3) is 5.91 Å². The molecule has 0 unspecified atom stereocenters. The lowest BCUT2D eigenvalue weighted by Gasteiger charge is -2.35. The number of carbonyl (C=O) groups excluding carboxylic acids is 1. The van der Waals surface area contributed by atoms with Gasteiger partial charge in [0.05, 0.1) is 17.6 Å². The summed E-state index contributed by atoms with van der Waals surface area (Å²) in [6.07, 6.45) is 5.72. The van der Waals surface area contributed by atoms with Crippen molar-refractivity contribution in [2.75, 3.05) is 19.6 Å². The SMILES string of the molecule is O=C(c1ccncc1)N1C[C@@H]2CC[C@H](C1)N(Cc1nc3ccccc3[nH]1)C2. The van der Waals surface area contributed by atoms with Gasteiger partial charge in [0.1, 0.15) is 5.82 Å². The molecule has 6 heteroatoms. The van der Waals surface area contributed by atoms with Crippen LogP contribution in [0.5, 0.6) is 0 Å². The van der Waals surface area contributed by atoms with E-state index in [-0.39, 0.29) is 5.91 Å². The molecule has 138 valence electrons. The lowest BCUT2D eigenvalue weighted by Crippen LogP contribution is -2.44. The van der Waals surface area contributed by atoms with Crippen molar-refractivity contribution >= 4 is 16.9 Å². The monoisotopic (exact) mass is 361 g/mol. The summed E-state index contributed by atoms with van der Waals surface area (Å²) in [7, 11) is 0. The summed E-state index contributed by atoms with van der Waals surface area (Å²) in [5.41, 5.74) is 2.83. The Morgan fingerprint density at radius 3 is 2.78 bits per heavy atom. The number of aromatic nitrogens is 3. The summed E-state index contributed by atoms with van der Waals surface area (Å²) in [6, 6.07) is 12.2. The van der Waals surface area contributed by atoms with Crippen molar-refractivity contribution in [3.63, 3.8) is 0 Å². The Hall–Kier alpha value is -2.73. The number of carbonyl (C=O) groups is 1. The number of rotatable bonds is 3. The van der Waals surface area contributed by atoms with Crippen molar-refractivity contribution in [3.05, 3.63) is 60.2 Å². The molecule has 3 aromatic rings. The number of benzene rings is 1. The molecule has 1 aromatic carbocycles. The summed E-state index contributed by atoms with van der Waals surface area (Å²) in [6.45, 7) is 3.47. The molecule has 0 saturated carbocycles. The number of pyridine rings is 1. The topological polar surface area (TPSA) is 65.1 Å². The maximum absolute atomic E-state index is 12.9. The molecule has 1 N–H and O–H groups in total. The molecule has 5 heterocycles. The van der Waals surface area contributed by atoms with Gasteiger partial charge < -0.3 is 9.88 Å². The van der Waals surface area contributed by atoms with E-state index < -0.39 is 0 Å². The fraction of sp³-hybridized carbons (Fsp3) is 0.381. The Kier molecular flexibility index (Phi) is 4.13. The zero-order valence-corrected chi connectivity index (χ0v) is 15.2. The van der Waals surface area contributed by atoms with Crippen LogP contribution in [0.15, 0.2) is 48.8 Å². The smallest absolute Gasteiger partial charge is 0.254 e. The molecule has 2 aromatic heterocycles. The van der Waals surface area contributed by atoms with Crippen molar-refractivity contribution in [1.82, 2.24) is 24.8 Å². The Labute approximate surface area is 158 Å². The van der Waals surface area contributed by atoms with Crippen LogP contribution in [0.3, 0.4) is 0 Å². The molecule has 0 spiro atoms. The van der Waals surface area contributed by atoms with Crippen molar-refractivity contribution < 1.29 is 4.79 Å². The Bertz CT molecular complexity index is 920. The molecule has 6 nitrogen and oxygen atoms in total. The predicted octanol–water partition coefficient (Wildman–Crippen LogP) is 2.69. The first-order valence-corrected chi connectivity index (χ1v) is 9.63. The van der Waals surface area contributed by atoms with Crippen LogP contribution in [0.4, 0.5) is 0 Å². The van der Waals surface area contributed by atoms with Gasteiger partial charge in [-0.2, -0.15) is 0 Å². The Morgan fingerprint density at radius 1 is 1.07 bits per heavy atom. The number of amides is 1. The lowest BCUT2D eigenvalue weighted by molar-refractivity contribution is 0.0735. The molecule has 3 aliphatic heterocycles. The predicted molar refractivity (Wildman–Crippen MR) is 103 cm³/mol. The molecule has 3 fully saturated rings. The zero-order valence-electron chi connectivity index (χ0n) is 15.2. The van der Waals surface area contributed by atoms with Gasteiger partial charge in [-0.05, 0) is 43.0 Å². The first-order valence-electron chi connectivity index (χ1n) is 9.63. The third-order valence-corrected chi connectivity index (χ3v) is 5.83. The molecule has 27 heavy (non-hydrogen) atoms. The van der Waals surface area contributed by atoms with E-state index in [4.69, 9.17) is 4.98 Å². The normalized spacial score (nSPS) is 22.9. The molecule has 3 aliphatic rings. The Morgan fingerprint density at radius 2 is 1.93 bits per heavy atom. The number of hydrogen-bond acceptors (Lipinski definition) is 4. The van der Waals surface area contributed by atoms with Crippen LogP contribution in [-0.2, 0) is 6.54 Å². The maximum atomic E-state index is 12.9. The largest absolute Gasteiger partial charge is 0.341 e. The molecule has 0 aliphatic carbocycles. The van der Waals surface area contributed by atoms with Crippen LogP contribution < -0.4 is 0 Å². The fourth-order valence-electron chi connectivity index (χ4n) is 4.49. The molecule has 3 saturated heterocycles. The van der Waals surface area contributed by atoms with Crippen LogP contribution in [-0.4, -0.2) is 56.3 Å². The van der Waals surface area contributed by atoms with Crippen LogP contribution in [0, 0.1) is 5.92 Å². The van der Waals surface area contributed by atoms with Gasteiger partial charge in [-0.3, -0.25) is 14.7 Å². The number of nitrogens with zero attached hydrogens (tertiary/aromatic N) is 4. The van der Waals surface area contributed by atoms with E-state index in [1.807, 2.05) is 23.1 Å². The zero-order chi connectivity index (χ0) is 18.2. The third-order valence-electron chi connectivity index (χ3n) is 5.83. The van der Waals surface area contributed by atoms with Crippen molar-refractivity contribution in [2.24, 2.45) is 5.92 Å². The van der Waals surface area contributed by atoms with Gasteiger partial charge >= 0.3 is 0 Å². The fourth-order valence-corrected chi connectivity index (χ4v) is 4.49. The average molecular weight is 361 g/mol. The molecule has 2 atom stereocenters. The van der Waals surface area contributed by atoms with E-state index in [0.29, 0.717) is 12.0 Å². The van der Waals surface area contributed by atoms with Crippen LogP contribution in [0.25, 0.3) is 11.0 Å². The van der Waals surface area contributed by atoms with Gasteiger partial charge in [-0.25, -0.2) is 4.98 Å². The first kappa shape index (κ1) is 16.4. The quantitative estimate of drug-likeness (QED) is 0.779. The number of piperidine rings is 1. The van der Waals surface area contributed by atoms with Crippen molar-refractivity contribution in [3.8, 4) is 0 Å². The highest BCUT2D eigenvalue weighted by molar-refractivity contribution is 5.94. The minimum atomic E-state index is 0.125. The third kappa shape index (κ3) is 3.21.